The first-order chi connectivity index (χ1) is 14.4. The average molecular weight is 430 g/mol. The van der Waals surface area contributed by atoms with Crippen LogP contribution in [0.3, 0.4) is 0 Å². The van der Waals surface area contributed by atoms with Gasteiger partial charge in [-0.2, -0.15) is 0 Å². The molecule has 6 heteroatoms. The zero-order valence-corrected chi connectivity index (χ0v) is 17.9. The average Bonchev–Trinajstić information content (AvgIpc) is 2.77. The molecule has 2 N–H and O–H groups in total. The van der Waals surface area contributed by atoms with Gasteiger partial charge in [0.25, 0.3) is 0 Å². The molecule has 1 aliphatic rings. The summed E-state index contributed by atoms with van der Waals surface area (Å²) in [5.41, 5.74) is 2.04. The lowest BCUT2D eigenvalue weighted by molar-refractivity contribution is -0.146. The van der Waals surface area contributed by atoms with Crippen molar-refractivity contribution >= 4 is 17.7 Å². The number of carbonyl (C=O) groups is 1. The van der Waals surface area contributed by atoms with E-state index in [2.05, 4.69) is 25.6 Å². The van der Waals surface area contributed by atoms with E-state index < -0.39 is 17.8 Å². The molecule has 3 rings (SSSR count). The van der Waals surface area contributed by atoms with E-state index in [9.17, 15) is 15.0 Å². The van der Waals surface area contributed by atoms with E-state index in [-0.39, 0.29) is 19.7 Å². The molecule has 1 saturated heterocycles. The van der Waals surface area contributed by atoms with Gasteiger partial charge in [0.1, 0.15) is 11.7 Å². The van der Waals surface area contributed by atoms with Crippen LogP contribution in [0.15, 0.2) is 55.1 Å². The lowest BCUT2D eigenvalue weighted by Crippen LogP contribution is -2.54. The van der Waals surface area contributed by atoms with Crippen molar-refractivity contribution in [3.8, 4) is 11.1 Å². The van der Waals surface area contributed by atoms with Crippen LogP contribution in [0.2, 0.25) is 5.02 Å². The number of aryl methyl sites for hydroxylation is 1. The molecule has 0 saturated carbocycles. The Kier molecular flexibility index (Phi) is 7.19. The minimum atomic E-state index is -1.43. The normalized spacial score (nSPS) is 18.6. The Balaban J connectivity index is 2.13. The summed E-state index contributed by atoms with van der Waals surface area (Å²) in [6, 6.07) is 13.5. The zero-order valence-electron chi connectivity index (χ0n) is 17.2. The van der Waals surface area contributed by atoms with Crippen molar-refractivity contribution in [2.75, 3.05) is 19.7 Å². The molecule has 1 unspecified atom stereocenters. The molecular weight excluding hydrogens is 402 g/mol. The highest BCUT2D eigenvalue weighted by Gasteiger charge is 2.44. The summed E-state index contributed by atoms with van der Waals surface area (Å²) in [5.74, 6) is 0. The van der Waals surface area contributed by atoms with Crippen molar-refractivity contribution in [1.82, 2.24) is 4.90 Å². The lowest BCUT2D eigenvalue weighted by atomic mass is 9.79. The highest BCUT2D eigenvalue weighted by atomic mass is 35.5. The minimum Gasteiger partial charge on any atom is -0.465 e. The number of benzene rings is 2. The van der Waals surface area contributed by atoms with Crippen molar-refractivity contribution in [3.05, 3.63) is 71.3 Å². The Bertz CT molecular complexity index is 916. The summed E-state index contributed by atoms with van der Waals surface area (Å²) in [6.45, 7) is 6.47. The maximum atomic E-state index is 12.0. The van der Waals surface area contributed by atoms with E-state index in [0.29, 0.717) is 23.4 Å². The molecule has 0 radical (unpaired) electrons. The molecule has 0 bridgehead atoms. The predicted molar refractivity (Wildman–Crippen MR) is 119 cm³/mol. The molecule has 1 heterocycles. The zero-order chi connectivity index (χ0) is 21.7. The fourth-order valence-corrected chi connectivity index (χ4v) is 4.31. The van der Waals surface area contributed by atoms with Gasteiger partial charge < -0.3 is 19.8 Å². The van der Waals surface area contributed by atoms with E-state index in [1.54, 1.807) is 12.1 Å². The first kappa shape index (κ1) is 22.3. The molecular formula is C24H28ClNO4. The SMILES string of the molecule is C=CCC[C@](O)(c1cccc(Cl)c1-c1cccc(CC)c1)C1CN(C(=O)O)CCO1. The van der Waals surface area contributed by atoms with E-state index in [1.165, 1.54) is 10.5 Å². The second kappa shape index (κ2) is 9.65. The first-order valence-corrected chi connectivity index (χ1v) is 10.6. The number of nitrogens with zero attached hydrogens (tertiary/aromatic N) is 1. The summed E-state index contributed by atoms with van der Waals surface area (Å²) in [7, 11) is 0. The van der Waals surface area contributed by atoms with Crippen LogP contribution in [-0.2, 0) is 16.8 Å². The lowest BCUT2D eigenvalue weighted by Gasteiger charge is -2.42. The second-order valence-electron chi connectivity index (χ2n) is 7.56. The summed E-state index contributed by atoms with van der Waals surface area (Å²) < 4.78 is 5.92. The van der Waals surface area contributed by atoms with Crippen LogP contribution in [0, 0.1) is 0 Å². The first-order valence-electron chi connectivity index (χ1n) is 10.2. The van der Waals surface area contributed by atoms with Gasteiger partial charge in [-0.25, -0.2) is 4.79 Å². The Labute approximate surface area is 182 Å². The van der Waals surface area contributed by atoms with Gasteiger partial charge in [0.2, 0.25) is 0 Å². The molecule has 1 aliphatic heterocycles. The van der Waals surface area contributed by atoms with Crippen LogP contribution < -0.4 is 0 Å². The number of rotatable bonds is 7. The van der Waals surface area contributed by atoms with Crippen LogP contribution in [0.4, 0.5) is 4.79 Å². The maximum Gasteiger partial charge on any atom is 0.407 e. The van der Waals surface area contributed by atoms with Crippen LogP contribution >= 0.6 is 11.6 Å². The van der Waals surface area contributed by atoms with Crippen LogP contribution in [-0.4, -0.2) is 47.0 Å². The molecule has 0 spiro atoms. The third kappa shape index (κ3) is 4.53. The number of hydrogen-bond donors (Lipinski definition) is 2. The van der Waals surface area contributed by atoms with Crippen molar-refractivity contribution in [3.63, 3.8) is 0 Å². The molecule has 0 aliphatic carbocycles. The molecule has 1 amide bonds. The van der Waals surface area contributed by atoms with Gasteiger partial charge in [-0.1, -0.05) is 61.0 Å². The van der Waals surface area contributed by atoms with Crippen LogP contribution in [0.25, 0.3) is 11.1 Å². The fourth-order valence-electron chi connectivity index (χ4n) is 4.03. The van der Waals surface area contributed by atoms with Gasteiger partial charge in [-0.3, -0.25) is 0 Å². The summed E-state index contributed by atoms with van der Waals surface area (Å²) in [6.07, 6.45) is 1.78. The van der Waals surface area contributed by atoms with Crippen LogP contribution in [0.5, 0.6) is 0 Å². The number of halogens is 1. The Morgan fingerprint density at radius 3 is 2.83 bits per heavy atom. The number of morpholine rings is 1. The molecule has 2 aromatic carbocycles. The van der Waals surface area contributed by atoms with Crippen LogP contribution in [0.1, 0.15) is 30.9 Å². The number of allylic oxidation sites excluding steroid dienone is 1. The smallest absolute Gasteiger partial charge is 0.407 e. The molecule has 160 valence electrons. The van der Waals surface area contributed by atoms with E-state index in [1.807, 2.05) is 24.3 Å². The fraction of sp³-hybridized carbons (Fsp3) is 0.375. The third-order valence-electron chi connectivity index (χ3n) is 5.70. The molecule has 1 fully saturated rings. The summed E-state index contributed by atoms with van der Waals surface area (Å²) in [5, 5.41) is 22.0. The highest BCUT2D eigenvalue weighted by molar-refractivity contribution is 6.33. The van der Waals surface area contributed by atoms with E-state index in [4.69, 9.17) is 16.3 Å². The summed E-state index contributed by atoms with van der Waals surface area (Å²) in [4.78, 5) is 12.8. The van der Waals surface area contributed by atoms with E-state index >= 15 is 0 Å². The van der Waals surface area contributed by atoms with Gasteiger partial charge in [0, 0.05) is 17.1 Å². The van der Waals surface area contributed by atoms with Crippen molar-refractivity contribution < 1.29 is 19.7 Å². The second-order valence-corrected chi connectivity index (χ2v) is 7.96. The molecule has 2 aromatic rings. The quantitative estimate of drug-likeness (QED) is 0.600. The number of amides is 1. The van der Waals surface area contributed by atoms with Crippen molar-refractivity contribution in [2.45, 2.75) is 37.9 Å². The topological polar surface area (TPSA) is 70.0 Å². The molecule has 0 aromatic heterocycles. The predicted octanol–water partition coefficient (Wildman–Crippen LogP) is 5.10. The largest absolute Gasteiger partial charge is 0.465 e. The standard InChI is InChI=1S/C24H28ClNO4/c1-3-5-12-24(29,21-16-26(23(27)28)13-14-30-21)19-10-7-11-20(25)22(19)18-9-6-8-17(4-2)15-18/h3,6-11,15,21,29H,1,4-5,12-14,16H2,2H3,(H,27,28)/t21?,24-/m0/s1. The minimum absolute atomic E-state index is 0.0872. The van der Waals surface area contributed by atoms with Gasteiger partial charge in [-0.15, -0.1) is 6.58 Å². The molecule has 30 heavy (non-hydrogen) atoms. The number of aliphatic hydroxyl groups is 1. The Morgan fingerprint density at radius 1 is 1.37 bits per heavy atom. The Morgan fingerprint density at radius 2 is 2.13 bits per heavy atom. The van der Waals surface area contributed by atoms with Crippen molar-refractivity contribution in [1.29, 1.82) is 0 Å². The van der Waals surface area contributed by atoms with Gasteiger partial charge >= 0.3 is 6.09 Å². The maximum absolute atomic E-state index is 12.0. The van der Waals surface area contributed by atoms with Gasteiger partial charge in [0.15, 0.2) is 0 Å². The number of hydrogen-bond acceptors (Lipinski definition) is 3. The third-order valence-corrected chi connectivity index (χ3v) is 6.02. The monoisotopic (exact) mass is 429 g/mol. The summed E-state index contributed by atoms with van der Waals surface area (Å²) >= 11 is 6.64. The number of ether oxygens (including phenoxy) is 1. The number of carboxylic acid groups (broad SMARTS) is 1. The molecule has 5 nitrogen and oxygen atoms in total. The highest BCUT2D eigenvalue weighted by Crippen LogP contribution is 2.42. The van der Waals surface area contributed by atoms with Gasteiger partial charge in [0.05, 0.1) is 13.2 Å². The van der Waals surface area contributed by atoms with Crippen molar-refractivity contribution in [2.24, 2.45) is 0 Å². The van der Waals surface area contributed by atoms with E-state index in [0.717, 1.165) is 17.5 Å². The van der Waals surface area contributed by atoms with Gasteiger partial charge in [-0.05, 0) is 42.0 Å². The Hall–Kier alpha value is -2.34. The molecule has 2 atom stereocenters.